The monoisotopic (exact) mass is 528 g/mol. The minimum absolute atomic E-state index is 0.0166. The third-order valence-corrected chi connectivity index (χ3v) is 6.41. The number of hydrogen-bond acceptors (Lipinski definition) is 6. The second kappa shape index (κ2) is 14.9. The molecule has 0 saturated carbocycles. The van der Waals surface area contributed by atoms with Crippen molar-refractivity contribution in [3.63, 3.8) is 0 Å². The second-order valence-corrected chi connectivity index (χ2v) is 10.0. The number of carbonyl (C=O) groups excluding carboxylic acids is 3. The first-order chi connectivity index (χ1) is 18.0. The molecule has 2 rings (SSSR count). The average Bonchev–Trinajstić information content (AvgIpc) is 3.39. The molecule has 0 spiro atoms. The van der Waals surface area contributed by atoms with Crippen LogP contribution in [0.25, 0.3) is 0 Å². The van der Waals surface area contributed by atoms with Crippen LogP contribution in [0, 0.1) is 11.8 Å². The smallest absolute Gasteiger partial charge is 0.326 e. The lowest BCUT2D eigenvalue weighted by molar-refractivity contribution is -0.142. The van der Waals surface area contributed by atoms with Gasteiger partial charge >= 0.3 is 5.97 Å². The van der Waals surface area contributed by atoms with Gasteiger partial charge in [0, 0.05) is 24.7 Å². The summed E-state index contributed by atoms with van der Waals surface area (Å²) in [5.74, 6) is -2.93. The van der Waals surface area contributed by atoms with E-state index < -0.39 is 47.9 Å². The van der Waals surface area contributed by atoms with E-state index in [1.807, 2.05) is 33.8 Å². The van der Waals surface area contributed by atoms with Crippen molar-refractivity contribution in [2.24, 2.45) is 17.6 Å². The largest absolute Gasteiger partial charge is 0.480 e. The Labute approximate surface area is 223 Å². The van der Waals surface area contributed by atoms with Crippen molar-refractivity contribution >= 4 is 23.7 Å². The number of nitrogens with zero attached hydrogens (tertiary/aromatic N) is 1. The van der Waals surface area contributed by atoms with Crippen LogP contribution < -0.4 is 21.7 Å². The van der Waals surface area contributed by atoms with E-state index in [-0.39, 0.29) is 31.1 Å². The number of rotatable bonds is 15. The number of nitrogens with two attached hydrogens (primary N) is 1. The molecule has 0 aliphatic carbocycles. The second-order valence-electron chi connectivity index (χ2n) is 10.0. The van der Waals surface area contributed by atoms with Gasteiger partial charge in [0.25, 0.3) is 0 Å². The number of hydrogen-bond donors (Lipinski definition) is 6. The van der Waals surface area contributed by atoms with E-state index in [0.717, 1.165) is 5.56 Å². The summed E-state index contributed by atoms with van der Waals surface area (Å²) in [6.07, 6.45) is 4.16. The number of nitrogens with one attached hydrogen (secondary N) is 4. The van der Waals surface area contributed by atoms with Crippen LogP contribution in [0.5, 0.6) is 0 Å². The van der Waals surface area contributed by atoms with E-state index in [9.17, 15) is 24.3 Å². The number of aromatic amines is 1. The number of carboxylic acids is 1. The summed E-state index contributed by atoms with van der Waals surface area (Å²) in [6, 6.07) is 4.94. The molecule has 208 valence electrons. The zero-order valence-electron chi connectivity index (χ0n) is 22.4. The first-order valence-corrected chi connectivity index (χ1v) is 12.9. The molecule has 38 heavy (non-hydrogen) atoms. The summed E-state index contributed by atoms with van der Waals surface area (Å²) in [4.78, 5) is 58.1. The molecule has 0 saturated heterocycles. The van der Waals surface area contributed by atoms with Gasteiger partial charge < -0.3 is 31.8 Å². The lowest BCUT2D eigenvalue weighted by Gasteiger charge is -2.26. The first kappa shape index (κ1) is 30.5. The third kappa shape index (κ3) is 9.62. The van der Waals surface area contributed by atoms with Crippen molar-refractivity contribution in [2.75, 3.05) is 0 Å². The summed E-state index contributed by atoms with van der Waals surface area (Å²) in [5, 5.41) is 17.7. The summed E-state index contributed by atoms with van der Waals surface area (Å²) < 4.78 is 0. The Bertz CT molecular complexity index is 1040. The van der Waals surface area contributed by atoms with Crippen LogP contribution in [0.4, 0.5) is 0 Å². The summed E-state index contributed by atoms with van der Waals surface area (Å²) in [6.45, 7) is 7.55. The van der Waals surface area contributed by atoms with Gasteiger partial charge in [-0.2, -0.15) is 0 Å². The molecule has 0 bridgehead atoms. The molecule has 7 N–H and O–H groups in total. The number of aliphatic carboxylic acids is 1. The van der Waals surface area contributed by atoms with Gasteiger partial charge in [-0.3, -0.25) is 14.4 Å². The fourth-order valence-electron chi connectivity index (χ4n) is 3.90. The van der Waals surface area contributed by atoms with Crippen LogP contribution in [0.3, 0.4) is 0 Å². The summed E-state index contributed by atoms with van der Waals surface area (Å²) in [7, 11) is 0. The minimum atomic E-state index is -1.18. The van der Waals surface area contributed by atoms with E-state index in [0.29, 0.717) is 12.1 Å². The van der Waals surface area contributed by atoms with Gasteiger partial charge in [0.1, 0.15) is 18.1 Å². The molecule has 1 heterocycles. The highest BCUT2D eigenvalue weighted by Gasteiger charge is 2.31. The van der Waals surface area contributed by atoms with Crippen LogP contribution in [0.2, 0.25) is 0 Å². The lowest BCUT2D eigenvalue weighted by Crippen LogP contribution is -2.58. The molecular weight excluding hydrogens is 488 g/mol. The predicted molar refractivity (Wildman–Crippen MR) is 143 cm³/mol. The highest BCUT2D eigenvalue weighted by Crippen LogP contribution is 2.10. The maximum Gasteiger partial charge on any atom is 0.326 e. The van der Waals surface area contributed by atoms with Crippen molar-refractivity contribution < 1.29 is 24.3 Å². The SMILES string of the molecule is CCC(C)C(N)C(=O)NC(Cc1cnc[nH]1)C(=O)NC(CC(C)C)C(=O)NC(Cc1ccccc1)C(=O)O. The number of H-pyrrole nitrogens is 1. The molecular formula is C27H40N6O5. The van der Waals surface area contributed by atoms with Gasteiger partial charge in [-0.05, 0) is 23.8 Å². The molecule has 1 aromatic carbocycles. The van der Waals surface area contributed by atoms with Crippen molar-refractivity contribution in [2.45, 2.75) is 77.5 Å². The molecule has 0 aliphatic heterocycles. The zero-order valence-corrected chi connectivity index (χ0v) is 22.4. The number of carboxylic acid groups (broad SMARTS) is 1. The molecule has 11 nitrogen and oxygen atoms in total. The Morgan fingerprint density at radius 3 is 2.08 bits per heavy atom. The Morgan fingerprint density at radius 2 is 1.53 bits per heavy atom. The molecule has 5 atom stereocenters. The number of carbonyl (C=O) groups is 4. The van der Waals surface area contributed by atoms with Gasteiger partial charge in [-0.15, -0.1) is 0 Å². The number of amides is 3. The highest BCUT2D eigenvalue weighted by atomic mass is 16.4. The quantitative estimate of drug-likeness (QED) is 0.201. The van der Waals surface area contributed by atoms with E-state index in [1.54, 1.807) is 30.5 Å². The van der Waals surface area contributed by atoms with E-state index in [4.69, 9.17) is 5.73 Å². The normalized spacial score (nSPS) is 15.1. The van der Waals surface area contributed by atoms with Gasteiger partial charge in [0.2, 0.25) is 17.7 Å². The number of aromatic nitrogens is 2. The number of imidazole rings is 1. The Hall–Kier alpha value is -3.73. The molecule has 2 aromatic rings. The Kier molecular flexibility index (Phi) is 11.9. The fourth-order valence-corrected chi connectivity index (χ4v) is 3.90. The average molecular weight is 529 g/mol. The first-order valence-electron chi connectivity index (χ1n) is 12.9. The molecule has 0 radical (unpaired) electrons. The predicted octanol–water partition coefficient (Wildman–Crippen LogP) is 1.15. The minimum Gasteiger partial charge on any atom is -0.480 e. The van der Waals surface area contributed by atoms with Crippen LogP contribution >= 0.6 is 0 Å². The van der Waals surface area contributed by atoms with E-state index >= 15 is 0 Å². The van der Waals surface area contributed by atoms with Gasteiger partial charge in [-0.1, -0.05) is 64.4 Å². The van der Waals surface area contributed by atoms with Gasteiger partial charge in [0.05, 0.1) is 12.4 Å². The van der Waals surface area contributed by atoms with Crippen LogP contribution in [-0.4, -0.2) is 62.9 Å². The molecule has 11 heteroatoms. The van der Waals surface area contributed by atoms with Crippen molar-refractivity contribution in [3.05, 3.63) is 54.1 Å². The highest BCUT2D eigenvalue weighted by molar-refractivity contribution is 5.94. The maximum atomic E-state index is 13.4. The van der Waals surface area contributed by atoms with E-state index in [2.05, 4.69) is 25.9 Å². The summed E-state index contributed by atoms with van der Waals surface area (Å²) >= 11 is 0. The topological polar surface area (TPSA) is 179 Å². The van der Waals surface area contributed by atoms with Crippen molar-refractivity contribution in [1.29, 1.82) is 0 Å². The van der Waals surface area contributed by atoms with Crippen molar-refractivity contribution in [3.8, 4) is 0 Å². The van der Waals surface area contributed by atoms with Crippen LogP contribution in [0.15, 0.2) is 42.9 Å². The third-order valence-electron chi connectivity index (χ3n) is 6.41. The molecule has 3 amide bonds. The van der Waals surface area contributed by atoms with Crippen molar-refractivity contribution in [1.82, 2.24) is 25.9 Å². The van der Waals surface area contributed by atoms with E-state index in [1.165, 1.54) is 6.33 Å². The number of benzene rings is 1. The zero-order chi connectivity index (χ0) is 28.2. The van der Waals surface area contributed by atoms with Crippen LogP contribution in [0.1, 0.15) is 51.8 Å². The van der Waals surface area contributed by atoms with Gasteiger partial charge in [-0.25, -0.2) is 9.78 Å². The Morgan fingerprint density at radius 1 is 0.921 bits per heavy atom. The molecule has 5 unspecified atom stereocenters. The fraction of sp³-hybridized carbons (Fsp3) is 0.519. The standard InChI is InChI=1S/C27H40N6O5/c1-5-17(4)23(28)26(36)32-21(13-19-14-29-15-30-19)25(35)31-20(11-16(2)3)24(34)33-22(27(37)38)12-18-9-7-6-8-10-18/h6-10,14-17,20-23H,5,11-13,28H2,1-4H3,(H,29,30)(H,31,35)(H,32,36)(H,33,34)(H,37,38). The van der Waals surface area contributed by atoms with Crippen LogP contribution in [-0.2, 0) is 32.0 Å². The molecule has 0 aliphatic rings. The maximum absolute atomic E-state index is 13.4. The lowest BCUT2D eigenvalue weighted by atomic mass is 9.98. The summed E-state index contributed by atoms with van der Waals surface area (Å²) in [5.41, 5.74) is 7.44. The molecule has 1 aromatic heterocycles. The Balaban J connectivity index is 2.19. The molecule has 0 fully saturated rings. The van der Waals surface area contributed by atoms with Gasteiger partial charge in [0.15, 0.2) is 0 Å².